The Kier molecular flexibility index (Phi) is 1.86. The molecule has 0 aromatic carbocycles. The Morgan fingerprint density at radius 2 is 2.42 bits per heavy atom. The molecule has 0 N–H and O–H groups in total. The molecule has 0 radical (unpaired) electrons. The van der Waals surface area contributed by atoms with E-state index in [2.05, 4.69) is 10.1 Å². The second-order valence-corrected chi connectivity index (χ2v) is 3.77. The highest BCUT2D eigenvalue weighted by Crippen LogP contribution is 2.23. The lowest BCUT2D eigenvalue weighted by Crippen LogP contribution is -1.70. The maximum Gasteiger partial charge on any atom is 0.264 e. The minimum Gasteiger partial charge on any atom is -0.333 e. The Hall–Kier alpha value is -0.870. The van der Waals surface area contributed by atoms with E-state index in [-0.39, 0.29) is 5.28 Å². The van der Waals surface area contributed by atoms with Gasteiger partial charge in [0.05, 0.1) is 5.56 Å². The highest BCUT2D eigenvalue weighted by Gasteiger charge is 2.07. The normalized spacial score (nSPS) is 10.5. The minimum atomic E-state index is 0.147. The molecule has 0 unspecified atom stereocenters. The molecule has 12 heavy (non-hydrogen) atoms. The van der Waals surface area contributed by atoms with Crippen molar-refractivity contribution < 1.29 is 4.52 Å². The zero-order chi connectivity index (χ0) is 8.55. The van der Waals surface area contributed by atoms with Gasteiger partial charge < -0.3 is 4.52 Å². The van der Waals surface area contributed by atoms with Crippen molar-refractivity contribution in [2.24, 2.45) is 0 Å². The standard InChI is InChI=1S/C7H5ClN2OS/c1-4-2-5(3-12-4)6-9-7(8)10-11-6/h2-3H,1H3. The van der Waals surface area contributed by atoms with Crippen LogP contribution >= 0.6 is 22.9 Å². The fraction of sp³-hybridized carbons (Fsp3) is 0.143. The van der Waals surface area contributed by atoms with Gasteiger partial charge in [0.25, 0.3) is 11.2 Å². The van der Waals surface area contributed by atoms with Crippen LogP contribution in [0.5, 0.6) is 0 Å². The van der Waals surface area contributed by atoms with Gasteiger partial charge in [0, 0.05) is 10.3 Å². The Morgan fingerprint density at radius 3 is 2.92 bits per heavy atom. The van der Waals surface area contributed by atoms with Crippen LogP contribution in [0.25, 0.3) is 11.5 Å². The molecule has 2 rings (SSSR count). The van der Waals surface area contributed by atoms with Crippen molar-refractivity contribution in [1.29, 1.82) is 0 Å². The van der Waals surface area contributed by atoms with Crippen LogP contribution in [0.2, 0.25) is 5.28 Å². The monoisotopic (exact) mass is 200 g/mol. The molecule has 0 aliphatic rings. The summed E-state index contributed by atoms with van der Waals surface area (Å²) in [6, 6.07) is 1.98. The van der Waals surface area contributed by atoms with Gasteiger partial charge in [-0.2, -0.15) is 4.98 Å². The average Bonchev–Trinajstić information content (AvgIpc) is 2.58. The Bertz CT molecular complexity index is 357. The van der Waals surface area contributed by atoms with Gasteiger partial charge >= 0.3 is 0 Å². The molecule has 0 atom stereocenters. The molecule has 2 aromatic heterocycles. The number of nitrogens with zero attached hydrogens (tertiary/aromatic N) is 2. The van der Waals surface area contributed by atoms with E-state index >= 15 is 0 Å². The van der Waals surface area contributed by atoms with Crippen molar-refractivity contribution in [2.45, 2.75) is 6.92 Å². The van der Waals surface area contributed by atoms with Crippen LogP contribution < -0.4 is 0 Å². The van der Waals surface area contributed by atoms with Crippen molar-refractivity contribution in [3.8, 4) is 11.5 Å². The summed E-state index contributed by atoms with van der Waals surface area (Å²) in [6.07, 6.45) is 0. The van der Waals surface area contributed by atoms with E-state index in [0.717, 1.165) is 5.56 Å². The van der Waals surface area contributed by atoms with Crippen LogP contribution in [0.1, 0.15) is 4.88 Å². The molecule has 3 nitrogen and oxygen atoms in total. The molecular formula is C7H5ClN2OS. The van der Waals surface area contributed by atoms with Gasteiger partial charge in [-0.05, 0) is 29.7 Å². The highest BCUT2D eigenvalue weighted by molar-refractivity contribution is 7.10. The van der Waals surface area contributed by atoms with Gasteiger partial charge in [0.1, 0.15) is 0 Å². The number of aromatic nitrogens is 2. The number of hydrogen-bond donors (Lipinski definition) is 0. The van der Waals surface area contributed by atoms with Crippen LogP contribution in [0.3, 0.4) is 0 Å². The fourth-order valence-electron chi connectivity index (χ4n) is 0.878. The van der Waals surface area contributed by atoms with Crippen molar-refractivity contribution in [3.05, 3.63) is 21.6 Å². The first-order valence-corrected chi connectivity index (χ1v) is 4.56. The highest BCUT2D eigenvalue weighted by atomic mass is 35.5. The molecule has 0 saturated carbocycles. The molecule has 2 aromatic rings. The van der Waals surface area contributed by atoms with Crippen molar-refractivity contribution in [2.75, 3.05) is 0 Å². The third-order valence-electron chi connectivity index (χ3n) is 1.38. The van der Waals surface area contributed by atoms with Crippen molar-refractivity contribution in [1.82, 2.24) is 10.1 Å². The van der Waals surface area contributed by atoms with E-state index in [0.29, 0.717) is 5.89 Å². The fourth-order valence-corrected chi connectivity index (χ4v) is 1.67. The predicted molar refractivity (Wildman–Crippen MR) is 47.4 cm³/mol. The van der Waals surface area contributed by atoms with Crippen LogP contribution in [0, 0.1) is 6.92 Å². The van der Waals surface area contributed by atoms with Gasteiger partial charge in [-0.15, -0.1) is 11.3 Å². The van der Waals surface area contributed by atoms with Crippen LogP contribution in [-0.2, 0) is 0 Å². The lowest BCUT2D eigenvalue weighted by atomic mass is 10.3. The first-order chi connectivity index (χ1) is 5.75. The molecule has 0 aliphatic carbocycles. The number of aryl methyl sites for hydroxylation is 1. The summed E-state index contributed by atoms with van der Waals surface area (Å²) in [6.45, 7) is 2.02. The van der Waals surface area contributed by atoms with Crippen molar-refractivity contribution in [3.63, 3.8) is 0 Å². The van der Waals surface area contributed by atoms with Gasteiger partial charge in [-0.1, -0.05) is 0 Å². The van der Waals surface area contributed by atoms with E-state index in [9.17, 15) is 0 Å². The summed E-state index contributed by atoms with van der Waals surface area (Å²) < 4.78 is 4.88. The summed E-state index contributed by atoms with van der Waals surface area (Å²) in [5.41, 5.74) is 0.928. The summed E-state index contributed by atoms with van der Waals surface area (Å²) >= 11 is 7.14. The van der Waals surface area contributed by atoms with Gasteiger partial charge in [0.15, 0.2) is 0 Å². The van der Waals surface area contributed by atoms with Crippen LogP contribution in [0.4, 0.5) is 0 Å². The molecule has 0 aliphatic heterocycles. The van der Waals surface area contributed by atoms with Crippen LogP contribution in [-0.4, -0.2) is 10.1 Å². The second-order valence-electron chi connectivity index (χ2n) is 2.31. The summed E-state index contributed by atoms with van der Waals surface area (Å²) in [7, 11) is 0. The molecule has 62 valence electrons. The molecule has 0 bridgehead atoms. The molecule has 2 heterocycles. The number of rotatable bonds is 1. The van der Waals surface area contributed by atoms with E-state index in [4.69, 9.17) is 16.1 Å². The maximum atomic E-state index is 5.50. The number of hydrogen-bond acceptors (Lipinski definition) is 4. The van der Waals surface area contributed by atoms with Gasteiger partial charge in [-0.25, -0.2) is 0 Å². The SMILES string of the molecule is Cc1cc(-c2nc(Cl)no2)cs1. The minimum absolute atomic E-state index is 0.147. The topological polar surface area (TPSA) is 38.9 Å². The quantitative estimate of drug-likeness (QED) is 0.711. The average molecular weight is 201 g/mol. The Morgan fingerprint density at radius 1 is 1.58 bits per heavy atom. The molecule has 0 fully saturated rings. The largest absolute Gasteiger partial charge is 0.333 e. The number of halogens is 1. The maximum absolute atomic E-state index is 5.50. The van der Waals surface area contributed by atoms with Gasteiger partial charge in [-0.3, -0.25) is 0 Å². The lowest BCUT2D eigenvalue weighted by Gasteiger charge is -1.81. The second kappa shape index (κ2) is 2.88. The molecule has 0 spiro atoms. The smallest absolute Gasteiger partial charge is 0.264 e. The third-order valence-corrected chi connectivity index (χ3v) is 2.39. The molecule has 0 amide bonds. The van der Waals surface area contributed by atoms with E-state index in [1.165, 1.54) is 4.88 Å². The molecule has 5 heteroatoms. The summed E-state index contributed by atoms with van der Waals surface area (Å²) in [5, 5.41) is 5.59. The lowest BCUT2D eigenvalue weighted by molar-refractivity contribution is 0.430. The third kappa shape index (κ3) is 1.35. The van der Waals surface area contributed by atoms with E-state index in [1.54, 1.807) is 11.3 Å². The summed E-state index contributed by atoms with van der Waals surface area (Å²) in [4.78, 5) is 5.10. The Labute approximate surface area is 78.0 Å². The Balaban J connectivity index is 2.43. The van der Waals surface area contributed by atoms with Crippen molar-refractivity contribution >= 4 is 22.9 Å². The molecular weight excluding hydrogens is 196 g/mol. The van der Waals surface area contributed by atoms with Gasteiger partial charge in [0.2, 0.25) is 0 Å². The first-order valence-electron chi connectivity index (χ1n) is 3.30. The van der Waals surface area contributed by atoms with Crippen LogP contribution in [0.15, 0.2) is 16.0 Å². The van der Waals surface area contributed by atoms with E-state index in [1.807, 2.05) is 18.4 Å². The summed E-state index contributed by atoms with van der Waals surface area (Å²) in [5.74, 6) is 0.476. The number of thiophene rings is 1. The zero-order valence-corrected chi connectivity index (χ0v) is 7.82. The predicted octanol–water partition coefficient (Wildman–Crippen LogP) is 2.76. The first kappa shape index (κ1) is 7.76. The zero-order valence-electron chi connectivity index (χ0n) is 6.24. The van der Waals surface area contributed by atoms with E-state index < -0.39 is 0 Å². The molecule has 0 saturated heterocycles.